The summed E-state index contributed by atoms with van der Waals surface area (Å²) in [5.41, 5.74) is 2.77. The number of unbranched alkanes of at least 4 members (excludes halogenated alkanes) is 2. The molecule has 0 spiro atoms. The highest BCUT2D eigenvalue weighted by atomic mass is 127. The van der Waals surface area contributed by atoms with Gasteiger partial charge in [0.15, 0.2) is 0 Å². The van der Waals surface area contributed by atoms with Crippen molar-refractivity contribution in [3.63, 3.8) is 0 Å². The SMILES string of the molecule is Cc1ccc(CCCCCO)cc1I. The molecule has 0 aliphatic rings. The molecule has 1 nitrogen and oxygen atoms in total. The quantitative estimate of drug-likeness (QED) is 0.653. The Morgan fingerprint density at radius 1 is 1.21 bits per heavy atom. The molecule has 78 valence electrons. The summed E-state index contributed by atoms with van der Waals surface area (Å²) < 4.78 is 1.35. The van der Waals surface area contributed by atoms with Crippen molar-refractivity contribution < 1.29 is 5.11 Å². The van der Waals surface area contributed by atoms with E-state index in [0.717, 1.165) is 19.3 Å². The topological polar surface area (TPSA) is 20.2 Å². The van der Waals surface area contributed by atoms with Gasteiger partial charge < -0.3 is 5.11 Å². The fourth-order valence-electron chi connectivity index (χ4n) is 1.41. The second-order valence-electron chi connectivity index (χ2n) is 3.62. The molecule has 0 amide bonds. The van der Waals surface area contributed by atoms with Gasteiger partial charge in [-0.05, 0) is 66.0 Å². The third-order valence-corrected chi connectivity index (χ3v) is 3.52. The monoisotopic (exact) mass is 304 g/mol. The molecular formula is C12H17IO. The lowest BCUT2D eigenvalue weighted by molar-refractivity contribution is 0.283. The van der Waals surface area contributed by atoms with Crippen molar-refractivity contribution in [1.29, 1.82) is 0 Å². The zero-order chi connectivity index (χ0) is 10.4. The Kier molecular flexibility index (Phi) is 5.48. The van der Waals surface area contributed by atoms with Crippen LogP contribution in [0.15, 0.2) is 18.2 Å². The fraction of sp³-hybridized carbons (Fsp3) is 0.500. The van der Waals surface area contributed by atoms with Crippen LogP contribution in [0.25, 0.3) is 0 Å². The third kappa shape index (κ3) is 3.96. The van der Waals surface area contributed by atoms with Crippen LogP contribution in [-0.2, 0) is 6.42 Å². The van der Waals surface area contributed by atoms with Crippen molar-refractivity contribution in [3.05, 3.63) is 32.9 Å². The zero-order valence-corrected chi connectivity index (χ0v) is 10.8. The Morgan fingerprint density at radius 2 is 2.00 bits per heavy atom. The first-order chi connectivity index (χ1) is 6.74. The first-order valence-electron chi connectivity index (χ1n) is 5.10. The van der Waals surface area contributed by atoms with Crippen molar-refractivity contribution in [2.45, 2.75) is 32.6 Å². The molecule has 0 atom stereocenters. The van der Waals surface area contributed by atoms with Gasteiger partial charge in [0.2, 0.25) is 0 Å². The van der Waals surface area contributed by atoms with Crippen LogP contribution >= 0.6 is 22.6 Å². The lowest BCUT2D eigenvalue weighted by Gasteiger charge is -2.03. The van der Waals surface area contributed by atoms with Crippen LogP contribution < -0.4 is 0 Å². The summed E-state index contributed by atoms with van der Waals surface area (Å²) in [7, 11) is 0. The van der Waals surface area contributed by atoms with E-state index >= 15 is 0 Å². The molecule has 1 N–H and O–H groups in total. The lowest BCUT2D eigenvalue weighted by Crippen LogP contribution is -1.90. The van der Waals surface area contributed by atoms with Gasteiger partial charge in [0.1, 0.15) is 0 Å². The van der Waals surface area contributed by atoms with E-state index in [-0.39, 0.29) is 0 Å². The fourth-order valence-corrected chi connectivity index (χ4v) is 1.99. The van der Waals surface area contributed by atoms with E-state index in [9.17, 15) is 0 Å². The number of aryl methyl sites for hydroxylation is 2. The van der Waals surface area contributed by atoms with Gasteiger partial charge in [0.25, 0.3) is 0 Å². The van der Waals surface area contributed by atoms with Gasteiger partial charge in [-0.25, -0.2) is 0 Å². The average Bonchev–Trinajstić information content (AvgIpc) is 2.18. The molecule has 2 heteroatoms. The van der Waals surface area contributed by atoms with E-state index in [1.54, 1.807) is 0 Å². The van der Waals surface area contributed by atoms with E-state index in [4.69, 9.17) is 5.11 Å². The molecule has 0 saturated heterocycles. The van der Waals surface area contributed by atoms with Crippen LogP contribution in [0.4, 0.5) is 0 Å². The standard InChI is InChI=1S/C12H17IO/c1-10-6-7-11(9-12(10)13)5-3-2-4-8-14/h6-7,9,14H,2-5,8H2,1H3. The van der Waals surface area contributed by atoms with E-state index in [0.29, 0.717) is 6.61 Å². The number of hydrogen-bond acceptors (Lipinski definition) is 1. The number of halogens is 1. The highest BCUT2D eigenvalue weighted by molar-refractivity contribution is 14.1. The molecule has 0 aliphatic carbocycles. The molecular weight excluding hydrogens is 287 g/mol. The Labute approximate surface area is 99.7 Å². The van der Waals surface area contributed by atoms with E-state index in [1.807, 2.05) is 0 Å². The molecule has 0 aliphatic heterocycles. The van der Waals surface area contributed by atoms with E-state index in [2.05, 4.69) is 47.7 Å². The van der Waals surface area contributed by atoms with E-state index < -0.39 is 0 Å². The third-order valence-electron chi connectivity index (χ3n) is 2.36. The maximum absolute atomic E-state index is 8.64. The Bertz CT molecular complexity index is 284. The Balaban J connectivity index is 2.39. The predicted molar refractivity (Wildman–Crippen MR) is 68.5 cm³/mol. The summed E-state index contributed by atoms with van der Waals surface area (Å²) >= 11 is 2.38. The average molecular weight is 304 g/mol. The molecule has 0 bridgehead atoms. The first kappa shape index (κ1) is 12.0. The summed E-state index contributed by atoms with van der Waals surface area (Å²) in [5, 5.41) is 8.64. The first-order valence-corrected chi connectivity index (χ1v) is 6.18. The molecule has 1 aromatic carbocycles. The van der Waals surface area contributed by atoms with Crippen LogP contribution in [-0.4, -0.2) is 11.7 Å². The largest absolute Gasteiger partial charge is 0.396 e. The molecule has 0 aromatic heterocycles. The van der Waals surface area contributed by atoms with Crippen LogP contribution in [0.3, 0.4) is 0 Å². The number of aliphatic hydroxyl groups excluding tert-OH is 1. The summed E-state index contributed by atoms with van der Waals surface area (Å²) in [6.45, 7) is 2.46. The van der Waals surface area contributed by atoms with Crippen molar-refractivity contribution in [1.82, 2.24) is 0 Å². The molecule has 0 radical (unpaired) electrons. The predicted octanol–water partition coefficient (Wildman–Crippen LogP) is 3.30. The number of hydrogen-bond donors (Lipinski definition) is 1. The van der Waals surface area contributed by atoms with Gasteiger partial charge in [-0.1, -0.05) is 18.6 Å². The van der Waals surface area contributed by atoms with Crippen LogP contribution in [0, 0.1) is 10.5 Å². The summed E-state index contributed by atoms with van der Waals surface area (Å²) in [4.78, 5) is 0. The second kappa shape index (κ2) is 6.40. The minimum Gasteiger partial charge on any atom is -0.396 e. The Hall–Kier alpha value is -0.0900. The highest BCUT2D eigenvalue weighted by Gasteiger charge is 1.97. The minimum atomic E-state index is 0.325. The maximum atomic E-state index is 8.64. The molecule has 0 unspecified atom stereocenters. The van der Waals surface area contributed by atoms with Gasteiger partial charge in [0.05, 0.1) is 0 Å². The number of aliphatic hydroxyl groups is 1. The smallest absolute Gasteiger partial charge is 0.0431 e. The van der Waals surface area contributed by atoms with Crippen molar-refractivity contribution in [2.24, 2.45) is 0 Å². The Morgan fingerprint density at radius 3 is 2.64 bits per heavy atom. The van der Waals surface area contributed by atoms with Crippen LogP contribution in [0.1, 0.15) is 30.4 Å². The zero-order valence-electron chi connectivity index (χ0n) is 8.59. The van der Waals surface area contributed by atoms with Crippen LogP contribution in [0.5, 0.6) is 0 Å². The van der Waals surface area contributed by atoms with Crippen molar-refractivity contribution in [3.8, 4) is 0 Å². The van der Waals surface area contributed by atoms with Crippen molar-refractivity contribution >= 4 is 22.6 Å². The van der Waals surface area contributed by atoms with Crippen LogP contribution in [0.2, 0.25) is 0 Å². The highest BCUT2D eigenvalue weighted by Crippen LogP contribution is 2.15. The second-order valence-corrected chi connectivity index (χ2v) is 4.78. The molecule has 0 saturated carbocycles. The van der Waals surface area contributed by atoms with Gasteiger partial charge in [-0.15, -0.1) is 0 Å². The number of rotatable bonds is 5. The van der Waals surface area contributed by atoms with Gasteiger partial charge >= 0.3 is 0 Å². The summed E-state index contributed by atoms with van der Waals surface area (Å²) in [5.74, 6) is 0. The number of benzene rings is 1. The molecule has 0 heterocycles. The summed E-state index contributed by atoms with van der Waals surface area (Å²) in [6.07, 6.45) is 4.37. The van der Waals surface area contributed by atoms with E-state index in [1.165, 1.54) is 21.1 Å². The van der Waals surface area contributed by atoms with Gasteiger partial charge in [0, 0.05) is 10.2 Å². The molecule has 1 rings (SSSR count). The van der Waals surface area contributed by atoms with Gasteiger partial charge in [-0.3, -0.25) is 0 Å². The van der Waals surface area contributed by atoms with Gasteiger partial charge in [-0.2, -0.15) is 0 Å². The lowest BCUT2D eigenvalue weighted by atomic mass is 10.1. The van der Waals surface area contributed by atoms with Crippen molar-refractivity contribution in [2.75, 3.05) is 6.61 Å². The molecule has 1 aromatic rings. The maximum Gasteiger partial charge on any atom is 0.0431 e. The molecule has 14 heavy (non-hydrogen) atoms. The molecule has 0 fully saturated rings. The normalized spacial score (nSPS) is 10.5. The minimum absolute atomic E-state index is 0.325. The summed E-state index contributed by atoms with van der Waals surface area (Å²) in [6, 6.07) is 6.65.